The maximum atomic E-state index is 6.41. The molecule has 0 aliphatic carbocycles. The molecule has 27 heavy (non-hydrogen) atoms. The molecular formula is C21H28N6. The molecule has 3 aromatic rings. The largest absolute Gasteiger partial charge is 0.330 e. The Morgan fingerprint density at radius 2 is 1.93 bits per heavy atom. The zero-order valence-electron chi connectivity index (χ0n) is 15.7. The molecule has 0 radical (unpaired) electrons. The number of rotatable bonds is 7. The fourth-order valence-electron chi connectivity index (χ4n) is 3.86. The van der Waals surface area contributed by atoms with Gasteiger partial charge in [0.05, 0.1) is 24.0 Å². The van der Waals surface area contributed by atoms with Crippen LogP contribution in [0, 0.1) is 0 Å². The second-order valence-electron chi connectivity index (χ2n) is 7.34. The average molecular weight is 364 g/mol. The highest BCUT2D eigenvalue weighted by molar-refractivity contribution is 5.85. The fourth-order valence-corrected chi connectivity index (χ4v) is 3.86. The first-order valence-corrected chi connectivity index (χ1v) is 9.85. The van der Waals surface area contributed by atoms with Gasteiger partial charge in [-0.25, -0.2) is 4.98 Å². The molecule has 0 saturated carbocycles. The van der Waals surface area contributed by atoms with Crippen LogP contribution < -0.4 is 11.5 Å². The zero-order valence-corrected chi connectivity index (χ0v) is 15.7. The SMILES string of the molecule is NCCC(N)c1cc(-c2cnn(CCN3CCCC3)c2)nc2ccccc12. The van der Waals surface area contributed by atoms with Gasteiger partial charge in [-0.1, -0.05) is 18.2 Å². The summed E-state index contributed by atoms with van der Waals surface area (Å²) in [4.78, 5) is 7.35. The summed E-state index contributed by atoms with van der Waals surface area (Å²) in [5.41, 5.74) is 16.2. The first-order chi connectivity index (χ1) is 13.2. The van der Waals surface area contributed by atoms with Crippen LogP contribution in [0.4, 0.5) is 0 Å². The van der Waals surface area contributed by atoms with Crippen LogP contribution in [-0.2, 0) is 6.54 Å². The third-order valence-corrected chi connectivity index (χ3v) is 5.40. The van der Waals surface area contributed by atoms with Gasteiger partial charge in [-0.05, 0) is 56.6 Å². The Balaban J connectivity index is 1.61. The number of likely N-dealkylation sites (tertiary alicyclic amines) is 1. The molecule has 1 unspecified atom stereocenters. The lowest BCUT2D eigenvalue weighted by atomic mass is 9.98. The summed E-state index contributed by atoms with van der Waals surface area (Å²) in [7, 11) is 0. The highest BCUT2D eigenvalue weighted by atomic mass is 15.3. The maximum Gasteiger partial charge on any atom is 0.0744 e. The molecule has 1 fully saturated rings. The van der Waals surface area contributed by atoms with Gasteiger partial charge in [0.2, 0.25) is 0 Å². The molecule has 0 bridgehead atoms. The van der Waals surface area contributed by atoms with E-state index in [9.17, 15) is 0 Å². The molecule has 1 aromatic carbocycles. The third-order valence-electron chi connectivity index (χ3n) is 5.40. The van der Waals surface area contributed by atoms with Crippen molar-refractivity contribution in [3.63, 3.8) is 0 Å². The minimum absolute atomic E-state index is 0.0909. The molecule has 0 spiro atoms. The quantitative estimate of drug-likeness (QED) is 0.673. The Morgan fingerprint density at radius 1 is 1.11 bits per heavy atom. The average Bonchev–Trinajstić information content (AvgIpc) is 3.37. The number of benzene rings is 1. The summed E-state index contributed by atoms with van der Waals surface area (Å²) in [6.07, 6.45) is 7.38. The van der Waals surface area contributed by atoms with Crippen molar-refractivity contribution in [1.29, 1.82) is 0 Å². The highest BCUT2D eigenvalue weighted by Crippen LogP contribution is 2.28. The van der Waals surface area contributed by atoms with Crippen molar-refractivity contribution >= 4 is 10.9 Å². The van der Waals surface area contributed by atoms with E-state index in [0.29, 0.717) is 6.54 Å². The first kappa shape index (κ1) is 18.1. The van der Waals surface area contributed by atoms with Gasteiger partial charge in [-0.15, -0.1) is 0 Å². The topological polar surface area (TPSA) is 86.0 Å². The standard InChI is InChI=1S/C21H28N6/c22-8-7-19(23)18-13-21(25-20-6-2-1-5-17(18)20)16-14-24-27(15-16)12-11-26-9-3-4-10-26/h1-2,5-6,13-15,19H,3-4,7-12,22-23H2. The Labute approximate surface area is 160 Å². The number of para-hydroxylation sites is 1. The molecule has 4 rings (SSSR count). The number of pyridine rings is 1. The number of nitrogens with zero attached hydrogens (tertiary/aromatic N) is 4. The monoisotopic (exact) mass is 364 g/mol. The number of fused-ring (bicyclic) bond motifs is 1. The van der Waals surface area contributed by atoms with Gasteiger partial charge >= 0.3 is 0 Å². The second-order valence-corrected chi connectivity index (χ2v) is 7.34. The van der Waals surface area contributed by atoms with Gasteiger partial charge in [0.1, 0.15) is 0 Å². The molecule has 6 nitrogen and oxygen atoms in total. The van der Waals surface area contributed by atoms with E-state index in [0.717, 1.165) is 47.2 Å². The van der Waals surface area contributed by atoms with Crippen molar-refractivity contribution < 1.29 is 0 Å². The van der Waals surface area contributed by atoms with Crippen LogP contribution in [0.5, 0.6) is 0 Å². The lowest BCUT2D eigenvalue weighted by molar-refractivity contribution is 0.316. The summed E-state index contributed by atoms with van der Waals surface area (Å²) < 4.78 is 2.02. The smallest absolute Gasteiger partial charge is 0.0744 e. The van der Waals surface area contributed by atoms with Gasteiger partial charge < -0.3 is 16.4 Å². The highest BCUT2D eigenvalue weighted by Gasteiger charge is 2.15. The van der Waals surface area contributed by atoms with E-state index in [1.54, 1.807) is 0 Å². The van der Waals surface area contributed by atoms with Crippen LogP contribution in [0.1, 0.15) is 30.9 Å². The van der Waals surface area contributed by atoms with Gasteiger partial charge in [0.15, 0.2) is 0 Å². The summed E-state index contributed by atoms with van der Waals surface area (Å²) in [6, 6.07) is 10.2. The van der Waals surface area contributed by atoms with Crippen LogP contribution in [0.25, 0.3) is 22.2 Å². The minimum atomic E-state index is -0.0909. The molecule has 3 heterocycles. The van der Waals surface area contributed by atoms with E-state index in [1.807, 2.05) is 29.1 Å². The molecule has 4 N–H and O–H groups in total. The van der Waals surface area contributed by atoms with E-state index < -0.39 is 0 Å². The lowest BCUT2D eigenvalue weighted by Crippen LogP contribution is -2.24. The Bertz CT molecular complexity index is 897. The maximum absolute atomic E-state index is 6.41. The molecule has 2 aromatic heterocycles. The molecule has 0 amide bonds. The van der Waals surface area contributed by atoms with E-state index in [2.05, 4.69) is 28.3 Å². The Morgan fingerprint density at radius 3 is 2.74 bits per heavy atom. The lowest BCUT2D eigenvalue weighted by Gasteiger charge is -2.15. The summed E-state index contributed by atoms with van der Waals surface area (Å²) in [5.74, 6) is 0. The Hall–Kier alpha value is -2.28. The second kappa shape index (κ2) is 8.17. The van der Waals surface area contributed by atoms with Crippen molar-refractivity contribution in [2.45, 2.75) is 31.8 Å². The van der Waals surface area contributed by atoms with E-state index in [-0.39, 0.29) is 6.04 Å². The third kappa shape index (κ3) is 4.03. The Kier molecular flexibility index (Phi) is 5.48. The fraction of sp³-hybridized carbons (Fsp3) is 0.429. The summed E-state index contributed by atoms with van der Waals surface area (Å²) >= 11 is 0. The van der Waals surface area contributed by atoms with Crippen molar-refractivity contribution in [1.82, 2.24) is 19.7 Å². The normalized spacial score (nSPS) is 16.2. The molecular weight excluding hydrogens is 336 g/mol. The number of nitrogens with two attached hydrogens (primary N) is 2. The van der Waals surface area contributed by atoms with Crippen LogP contribution in [0.3, 0.4) is 0 Å². The first-order valence-electron chi connectivity index (χ1n) is 9.85. The molecule has 1 aliphatic heterocycles. The minimum Gasteiger partial charge on any atom is -0.330 e. The number of hydrogen-bond acceptors (Lipinski definition) is 5. The van der Waals surface area contributed by atoms with Gasteiger partial charge in [-0.2, -0.15) is 5.10 Å². The van der Waals surface area contributed by atoms with Gasteiger partial charge in [0, 0.05) is 29.7 Å². The molecule has 1 aliphatic rings. The van der Waals surface area contributed by atoms with E-state index in [4.69, 9.17) is 16.5 Å². The van der Waals surface area contributed by atoms with Crippen molar-refractivity contribution in [2.24, 2.45) is 11.5 Å². The molecule has 1 atom stereocenters. The summed E-state index contributed by atoms with van der Waals surface area (Å²) in [6.45, 7) is 4.96. The van der Waals surface area contributed by atoms with Crippen LogP contribution in [0.15, 0.2) is 42.7 Å². The van der Waals surface area contributed by atoms with Gasteiger partial charge in [-0.3, -0.25) is 4.68 Å². The number of hydrogen-bond donors (Lipinski definition) is 2. The van der Waals surface area contributed by atoms with E-state index in [1.165, 1.54) is 25.9 Å². The molecule has 1 saturated heterocycles. The van der Waals surface area contributed by atoms with Crippen molar-refractivity contribution in [2.75, 3.05) is 26.2 Å². The van der Waals surface area contributed by atoms with Crippen LogP contribution in [0.2, 0.25) is 0 Å². The van der Waals surface area contributed by atoms with E-state index >= 15 is 0 Å². The summed E-state index contributed by atoms with van der Waals surface area (Å²) in [5, 5.41) is 5.64. The predicted octanol–water partition coefficient (Wildman–Crippen LogP) is 2.54. The molecule has 142 valence electrons. The van der Waals surface area contributed by atoms with Crippen molar-refractivity contribution in [3.05, 3.63) is 48.3 Å². The van der Waals surface area contributed by atoms with Crippen LogP contribution >= 0.6 is 0 Å². The van der Waals surface area contributed by atoms with Gasteiger partial charge in [0.25, 0.3) is 0 Å². The van der Waals surface area contributed by atoms with Crippen molar-refractivity contribution in [3.8, 4) is 11.3 Å². The number of aromatic nitrogens is 3. The van der Waals surface area contributed by atoms with Crippen LogP contribution in [-0.4, -0.2) is 45.8 Å². The zero-order chi connectivity index (χ0) is 18.6. The molecule has 6 heteroatoms. The predicted molar refractivity (Wildman–Crippen MR) is 109 cm³/mol.